The SMILES string of the molecule is COc1ccc([C@H]2CC(=O)Nc3nc(SC)[nH]c(=O)c32)c(OC)c1. The first-order valence-corrected chi connectivity index (χ1v) is 8.49. The van der Waals surface area contributed by atoms with E-state index < -0.39 is 5.92 Å². The Morgan fingerprint density at radius 2 is 2.04 bits per heavy atom. The summed E-state index contributed by atoms with van der Waals surface area (Å²) in [7, 11) is 3.11. The topological polar surface area (TPSA) is 93.3 Å². The number of carbonyl (C=O) groups excluding carboxylic acids is 1. The molecule has 1 aliphatic rings. The van der Waals surface area contributed by atoms with Gasteiger partial charge in [-0.25, -0.2) is 4.98 Å². The van der Waals surface area contributed by atoms with Crippen molar-refractivity contribution in [2.75, 3.05) is 25.8 Å². The van der Waals surface area contributed by atoms with Gasteiger partial charge in [-0.2, -0.15) is 0 Å². The van der Waals surface area contributed by atoms with E-state index in [1.165, 1.54) is 11.8 Å². The van der Waals surface area contributed by atoms with Crippen LogP contribution in [-0.4, -0.2) is 36.4 Å². The molecule has 24 heavy (non-hydrogen) atoms. The number of aromatic amines is 1. The van der Waals surface area contributed by atoms with Crippen LogP contribution in [-0.2, 0) is 4.79 Å². The fourth-order valence-corrected chi connectivity index (χ4v) is 3.20. The molecule has 8 heteroatoms. The highest BCUT2D eigenvalue weighted by molar-refractivity contribution is 7.98. The molecular formula is C16H17N3O4S. The fraction of sp³-hybridized carbons (Fsp3) is 0.312. The molecule has 3 rings (SSSR count). The molecule has 1 atom stereocenters. The normalized spacial score (nSPS) is 16.3. The van der Waals surface area contributed by atoms with E-state index in [0.29, 0.717) is 28.0 Å². The Balaban J connectivity index is 2.17. The lowest BCUT2D eigenvalue weighted by atomic mass is 9.86. The first kappa shape index (κ1) is 16.4. The van der Waals surface area contributed by atoms with Crippen LogP contribution >= 0.6 is 11.8 Å². The Hall–Kier alpha value is -2.48. The van der Waals surface area contributed by atoms with Gasteiger partial charge in [0, 0.05) is 24.0 Å². The Bertz CT molecular complexity index is 850. The number of benzene rings is 1. The van der Waals surface area contributed by atoms with Gasteiger partial charge in [-0.1, -0.05) is 17.8 Å². The summed E-state index contributed by atoms with van der Waals surface area (Å²) in [5.41, 5.74) is 0.932. The molecule has 1 aromatic carbocycles. The third-order valence-electron chi connectivity index (χ3n) is 3.94. The number of ether oxygens (including phenoxy) is 2. The third-order valence-corrected chi connectivity index (χ3v) is 4.52. The van der Waals surface area contributed by atoms with Crippen molar-refractivity contribution in [3.63, 3.8) is 0 Å². The summed E-state index contributed by atoms with van der Waals surface area (Å²) in [4.78, 5) is 31.7. The molecule has 0 bridgehead atoms. The van der Waals surface area contributed by atoms with Crippen molar-refractivity contribution >= 4 is 23.5 Å². The van der Waals surface area contributed by atoms with Gasteiger partial charge in [-0.15, -0.1) is 0 Å². The number of aromatic nitrogens is 2. The van der Waals surface area contributed by atoms with Gasteiger partial charge in [-0.3, -0.25) is 9.59 Å². The van der Waals surface area contributed by atoms with Crippen LogP contribution in [0.25, 0.3) is 0 Å². The summed E-state index contributed by atoms with van der Waals surface area (Å²) in [5, 5.41) is 3.15. The molecule has 2 N–H and O–H groups in total. The van der Waals surface area contributed by atoms with Gasteiger partial charge >= 0.3 is 0 Å². The van der Waals surface area contributed by atoms with Crippen LogP contribution in [0.15, 0.2) is 28.2 Å². The Labute approximate surface area is 142 Å². The van der Waals surface area contributed by atoms with Crippen molar-refractivity contribution in [3.05, 3.63) is 39.7 Å². The molecule has 0 fully saturated rings. The van der Waals surface area contributed by atoms with Crippen molar-refractivity contribution < 1.29 is 14.3 Å². The number of thioether (sulfide) groups is 1. The average Bonchev–Trinajstić information content (AvgIpc) is 2.59. The Morgan fingerprint density at radius 1 is 1.25 bits per heavy atom. The first-order chi connectivity index (χ1) is 11.6. The summed E-state index contributed by atoms with van der Waals surface area (Å²) in [5.74, 6) is 0.897. The zero-order chi connectivity index (χ0) is 17.3. The molecule has 2 heterocycles. The molecule has 126 valence electrons. The van der Waals surface area contributed by atoms with Gasteiger partial charge in [-0.05, 0) is 12.3 Å². The minimum absolute atomic E-state index is 0.152. The highest BCUT2D eigenvalue weighted by Gasteiger charge is 2.32. The molecular weight excluding hydrogens is 330 g/mol. The maximum atomic E-state index is 12.5. The van der Waals surface area contributed by atoms with E-state index in [9.17, 15) is 9.59 Å². The van der Waals surface area contributed by atoms with Crippen molar-refractivity contribution in [1.82, 2.24) is 9.97 Å². The largest absolute Gasteiger partial charge is 0.497 e. The number of H-pyrrole nitrogens is 1. The highest BCUT2D eigenvalue weighted by Crippen LogP contribution is 2.39. The number of anilines is 1. The molecule has 0 aliphatic carbocycles. The standard InChI is InChI=1S/C16H17N3O4S/c1-22-8-4-5-9(11(6-8)23-2)10-7-12(20)17-14-13(10)15(21)19-16(18-14)24-3/h4-6,10H,7H2,1-3H3,(H2,17,18,19,20,21)/t10-/m1/s1. The Kier molecular flexibility index (Phi) is 4.48. The summed E-state index contributed by atoms with van der Waals surface area (Å²) < 4.78 is 10.6. The number of nitrogens with one attached hydrogen (secondary N) is 2. The van der Waals surface area contributed by atoms with Crippen LogP contribution in [0.3, 0.4) is 0 Å². The molecule has 2 aromatic rings. The molecule has 1 amide bonds. The number of rotatable bonds is 4. The lowest BCUT2D eigenvalue weighted by molar-refractivity contribution is -0.116. The van der Waals surface area contributed by atoms with Gasteiger partial charge < -0.3 is 19.8 Å². The first-order valence-electron chi connectivity index (χ1n) is 7.27. The van der Waals surface area contributed by atoms with Crippen LogP contribution in [0.1, 0.15) is 23.5 Å². The summed E-state index contributed by atoms with van der Waals surface area (Å²) in [6.07, 6.45) is 1.96. The molecule has 1 aliphatic heterocycles. The van der Waals surface area contributed by atoms with Crippen molar-refractivity contribution in [3.8, 4) is 11.5 Å². The van der Waals surface area contributed by atoms with E-state index in [-0.39, 0.29) is 17.9 Å². The number of fused-ring (bicyclic) bond motifs is 1. The molecule has 7 nitrogen and oxygen atoms in total. The molecule has 0 saturated heterocycles. The van der Waals surface area contributed by atoms with E-state index >= 15 is 0 Å². The van der Waals surface area contributed by atoms with E-state index in [1.807, 2.05) is 6.07 Å². The molecule has 1 aromatic heterocycles. The average molecular weight is 347 g/mol. The van der Waals surface area contributed by atoms with Crippen LogP contribution in [0.5, 0.6) is 11.5 Å². The number of nitrogens with zero attached hydrogens (tertiary/aromatic N) is 1. The van der Waals surface area contributed by atoms with Crippen LogP contribution in [0.2, 0.25) is 0 Å². The smallest absolute Gasteiger partial charge is 0.257 e. The number of amides is 1. The second-order valence-electron chi connectivity index (χ2n) is 5.25. The molecule has 0 saturated carbocycles. The van der Waals surface area contributed by atoms with E-state index in [0.717, 1.165) is 5.56 Å². The minimum Gasteiger partial charge on any atom is -0.497 e. The second-order valence-corrected chi connectivity index (χ2v) is 6.05. The zero-order valence-electron chi connectivity index (χ0n) is 13.5. The van der Waals surface area contributed by atoms with Gasteiger partial charge in [0.1, 0.15) is 17.3 Å². The van der Waals surface area contributed by atoms with Crippen LogP contribution in [0, 0.1) is 0 Å². The van der Waals surface area contributed by atoms with Crippen molar-refractivity contribution in [2.45, 2.75) is 17.5 Å². The minimum atomic E-state index is -0.429. The monoisotopic (exact) mass is 347 g/mol. The predicted octanol–water partition coefficient (Wildman–Crippen LogP) is 1.98. The second kappa shape index (κ2) is 6.56. The zero-order valence-corrected chi connectivity index (χ0v) is 14.3. The Morgan fingerprint density at radius 3 is 2.71 bits per heavy atom. The van der Waals surface area contributed by atoms with Gasteiger partial charge in [0.15, 0.2) is 5.16 Å². The number of carbonyl (C=O) groups is 1. The maximum absolute atomic E-state index is 12.5. The molecule has 0 radical (unpaired) electrons. The van der Waals surface area contributed by atoms with E-state index in [4.69, 9.17) is 9.47 Å². The predicted molar refractivity (Wildman–Crippen MR) is 91.3 cm³/mol. The quantitative estimate of drug-likeness (QED) is 0.649. The van der Waals surface area contributed by atoms with Crippen LogP contribution < -0.4 is 20.3 Å². The number of hydrogen-bond donors (Lipinski definition) is 2. The van der Waals surface area contributed by atoms with Crippen LogP contribution in [0.4, 0.5) is 5.82 Å². The summed E-state index contributed by atoms with van der Waals surface area (Å²) in [6.45, 7) is 0. The summed E-state index contributed by atoms with van der Waals surface area (Å²) in [6, 6.07) is 5.33. The lowest BCUT2D eigenvalue weighted by Gasteiger charge is -2.25. The number of methoxy groups -OCH3 is 2. The van der Waals surface area contributed by atoms with E-state index in [2.05, 4.69) is 15.3 Å². The van der Waals surface area contributed by atoms with E-state index in [1.54, 1.807) is 32.6 Å². The van der Waals surface area contributed by atoms with Gasteiger partial charge in [0.2, 0.25) is 5.91 Å². The highest BCUT2D eigenvalue weighted by atomic mass is 32.2. The van der Waals surface area contributed by atoms with Gasteiger partial charge in [0.25, 0.3) is 5.56 Å². The lowest BCUT2D eigenvalue weighted by Crippen LogP contribution is -2.31. The fourth-order valence-electron chi connectivity index (χ4n) is 2.82. The van der Waals surface area contributed by atoms with Crippen molar-refractivity contribution in [1.29, 1.82) is 0 Å². The maximum Gasteiger partial charge on any atom is 0.257 e. The van der Waals surface area contributed by atoms with Gasteiger partial charge in [0.05, 0.1) is 19.8 Å². The van der Waals surface area contributed by atoms with Crippen molar-refractivity contribution in [2.24, 2.45) is 0 Å². The molecule has 0 unspecified atom stereocenters. The molecule has 0 spiro atoms. The summed E-state index contributed by atoms with van der Waals surface area (Å²) >= 11 is 1.31. The number of hydrogen-bond acceptors (Lipinski definition) is 6. The third kappa shape index (κ3) is 2.84.